The zero-order valence-electron chi connectivity index (χ0n) is 7.37. The van der Waals surface area contributed by atoms with E-state index in [0.717, 1.165) is 0 Å². The Kier molecular flexibility index (Phi) is 4.31. The molecule has 0 amide bonds. The molecule has 0 aromatic rings. The highest BCUT2D eigenvalue weighted by molar-refractivity contribution is 9.12. The van der Waals surface area contributed by atoms with Gasteiger partial charge in [-0.2, -0.15) is 0 Å². The van der Waals surface area contributed by atoms with Gasteiger partial charge in [-0.25, -0.2) is 4.79 Å². The van der Waals surface area contributed by atoms with Gasteiger partial charge in [-0.3, -0.25) is 4.79 Å². The first kappa shape index (κ1) is 11.9. The molecular weight excluding hydrogens is 316 g/mol. The van der Waals surface area contributed by atoms with Crippen LogP contribution in [0, 0.1) is 0 Å². The summed E-state index contributed by atoms with van der Waals surface area (Å²) < 4.78 is 0. The minimum Gasteiger partial charge on any atom is -0.478 e. The molecule has 0 bridgehead atoms. The van der Waals surface area contributed by atoms with Gasteiger partial charge in [0.15, 0.2) is 0 Å². The number of ketones is 1. The number of carbonyl (C=O) groups excluding carboxylic acids is 1. The van der Waals surface area contributed by atoms with E-state index >= 15 is 0 Å². The quantitative estimate of drug-likeness (QED) is 0.752. The molecule has 78 valence electrons. The van der Waals surface area contributed by atoms with Crippen molar-refractivity contribution in [1.82, 2.24) is 0 Å². The van der Waals surface area contributed by atoms with E-state index in [1.807, 2.05) is 0 Å². The van der Waals surface area contributed by atoms with Crippen LogP contribution in [0.25, 0.3) is 0 Å². The smallest absolute Gasteiger partial charge is 0.331 e. The third-order valence-electron chi connectivity index (χ3n) is 2.09. The summed E-state index contributed by atoms with van der Waals surface area (Å²) in [5, 5.41) is 8.84. The van der Waals surface area contributed by atoms with Gasteiger partial charge in [-0.05, 0) is 12.8 Å². The molecule has 2 atom stereocenters. The molecule has 0 heterocycles. The summed E-state index contributed by atoms with van der Waals surface area (Å²) >= 11 is 6.53. The molecule has 0 spiro atoms. The van der Waals surface area contributed by atoms with E-state index in [1.165, 1.54) is 0 Å². The summed E-state index contributed by atoms with van der Waals surface area (Å²) in [6.45, 7) is 0. The second-order valence-corrected chi connectivity index (χ2v) is 5.21. The Hall–Kier alpha value is -0.160. The lowest BCUT2D eigenvalue weighted by Crippen LogP contribution is -2.25. The molecular formula is C9H10Br2O3. The van der Waals surface area contributed by atoms with Gasteiger partial charge in [-0.15, -0.1) is 0 Å². The van der Waals surface area contributed by atoms with Crippen molar-refractivity contribution in [3.8, 4) is 0 Å². The van der Waals surface area contributed by atoms with Crippen LogP contribution in [0.3, 0.4) is 0 Å². The highest BCUT2D eigenvalue weighted by atomic mass is 79.9. The largest absolute Gasteiger partial charge is 0.478 e. The average molecular weight is 326 g/mol. The second-order valence-electron chi connectivity index (χ2n) is 3.16. The number of carbonyl (C=O) groups is 2. The normalized spacial score (nSPS) is 29.0. The lowest BCUT2D eigenvalue weighted by atomic mass is 9.99. The lowest BCUT2D eigenvalue weighted by molar-refractivity contribution is -0.133. The number of rotatable bonds is 1. The fraction of sp³-hybridized carbons (Fsp3) is 0.556. The topological polar surface area (TPSA) is 54.4 Å². The summed E-state index contributed by atoms with van der Waals surface area (Å²) in [6.07, 6.45) is 3.10. The van der Waals surface area contributed by atoms with Crippen molar-refractivity contribution in [3.63, 3.8) is 0 Å². The third-order valence-corrected chi connectivity index (χ3v) is 4.67. The molecule has 1 aliphatic carbocycles. The number of carboxylic acids is 1. The number of halogens is 2. The van der Waals surface area contributed by atoms with Crippen LogP contribution in [0.5, 0.6) is 0 Å². The van der Waals surface area contributed by atoms with Gasteiger partial charge in [0.05, 0.1) is 9.65 Å². The van der Waals surface area contributed by atoms with Crippen LogP contribution in [-0.2, 0) is 9.59 Å². The molecule has 0 aliphatic heterocycles. The molecule has 1 rings (SSSR count). The summed E-state index contributed by atoms with van der Waals surface area (Å²) in [5.41, 5.74) is 0.379. The fourth-order valence-electron chi connectivity index (χ4n) is 1.31. The minimum atomic E-state index is -0.900. The van der Waals surface area contributed by atoms with Crippen molar-refractivity contribution in [2.45, 2.75) is 28.9 Å². The van der Waals surface area contributed by atoms with Crippen LogP contribution in [-0.4, -0.2) is 26.5 Å². The first-order valence-electron chi connectivity index (χ1n) is 4.27. The van der Waals surface area contributed by atoms with E-state index in [0.29, 0.717) is 24.8 Å². The minimum absolute atomic E-state index is 0.118. The van der Waals surface area contributed by atoms with Crippen LogP contribution < -0.4 is 0 Å². The number of alkyl halides is 2. The monoisotopic (exact) mass is 324 g/mol. The molecule has 1 aliphatic rings. The molecule has 3 nitrogen and oxygen atoms in total. The Morgan fingerprint density at radius 1 is 1.43 bits per heavy atom. The van der Waals surface area contributed by atoms with Crippen LogP contribution in [0.4, 0.5) is 0 Å². The maximum Gasteiger partial charge on any atom is 0.331 e. The standard InChI is InChI=1S/C9H10Br2O3/c10-6-4-5(9(13)14)2-1-3-7(12)8(6)11/h4,6,8H,1-3H2,(H,13,14). The molecule has 0 radical (unpaired) electrons. The molecule has 0 aromatic heterocycles. The summed E-state index contributed by atoms with van der Waals surface area (Å²) in [6, 6.07) is 0. The van der Waals surface area contributed by atoms with Crippen molar-refractivity contribution >= 4 is 43.6 Å². The lowest BCUT2D eigenvalue weighted by Gasteiger charge is -2.16. The van der Waals surface area contributed by atoms with E-state index < -0.39 is 5.97 Å². The summed E-state index contributed by atoms with van der Waals surface area (Å²) in [7, 11) is 0. The Bertz CT molecular complexity index is 286. The Balaban J connectivity index is 2.87. The Morgan fingerprint density at radius 3 is 2.64 bits per heavy atom. The van der Waals surface area contributed by atoms with Gasteiger partial charge in [0.1, 0.15) is 5.78 Å². The zero-order chi connectivity index (χ0) is 10.7. The maximum absolute atomic E-state index is 11.4. The van der Waals surface area contributed by atoms with E-state index in [2.05, 4.69) is 31.9 Å². The van der Waals surface area contributed by atoms with Crippen molar-refractivity contribution in [2.24, 2.45) is 0 Å². The first-order chi connectivity index (χ1) is 6.52. The zero-order valence-corrected chi connectivity index (χ0v) is 10.5. The molecule has 2 unspecified atom stereocenters. The number of Topliss-reactive ketones (excluding diaryl/α,β-unsaturated/α-hetero) is 1. The highest BCUT2D eigenvalue weighted by Crippen LogP contribution is 2.24. The van der Waals surface area contributed by atoms with Crippen molar-refractivity contribution in [2.75, 3.05) is 0 Å². The Morgan fingerprint density at radius 2 is 2.07 bits per heavy atom. The molecule has 0 saturated carbocycles. The van der Waals surface area contributed by atoms with Crippen LogP contribution in [0.2, 0.25) is 0 Å². The molecule has 14 heavy (non-hydrogen) atoms. The predicted octanol–water partition coefficient (Wildman–Crippen LogP) is 2.28. The number of aliphatic carboxylic acids is 1. The summed E-state index contributed by atoms with van der Waals surface area (Å²) in [5.74, 6) is -0.781. The number of hydrogen-bond donors (Lipinski definition) is 1. The predicted molar refractivity (Wildman–Crippen MR) is 60.0 cm³/mol. The maximum atomic E-state index is 11.4. The number of carboxylic acid groups (broad SMARTS) is 1. The first-order valence-corrected chi connectivity index (χ1v) is 6.10. The van der Waals surface area contributed by atoms with Crippen LogP contribution >= 0.6 is 31.9 Å². The molecule has 0 fully saturated rings. The van der Waals surface area contributed by atoms with Gasteiger partial charge in [0, 0.05) is 12.0 Å². The van der Waals surface area contributed by atoms with Crippen molar-refractivity contribution in [1.29, 1.82) is 0 Å². The number of allylic oxidation sites excluding steroid dienone is 1. The van der Waals surface area contributed by atoms with E-state index in [4.69, 9.17) is 5.11 Å². The fourth-order valence-corrected chi connectivity index (χ4v) is 2.30. The Labute approximate surface area is 98.8 Å². The average Bonchev–Trinajstić information content (AvgIpc) is 2.12. The second kappa shape index (κ2) is 5.07. The van der Waals surface area contributed by atoms with Crippen LogP contribution in [0.1, 0.15) is 19.3 Å². The van der Waals surface area contributed by atoms with Gasteiger partial charge < -0.3 is 5.11 Å². The third kappa shape index (κ3) is 2.92. The molecule has 1 N–H and O–H groups in total. The molecule has 5 heteroatoms. The van der Waals surface area contributed by atoms with E-state index in [-0.39, 0.29) is 15.4 Å². The van der Waals surface area contributed by atoms with Crippen LogP contribution in [0.15, 0.2) is 11.6 Å². The molecule has 0 saturated heterocycles. The highest BCUT2D eigenvalue weighted by Gasteiger charge is 2.25. The van der Waals surface area contributed by atoms with E-state index in [9.17, 15) is 9.59 Å². The molecule has 0 aromatic carbocycles. The van der Waals surface area contributed by atoms with Gasteiger partial charge in [-0.1, -0.05) is 37.9 Å². The SMILES string of the molecule is O=C(O)C1=CC(Br)C(Br)C(=O)CCC1. The number of hydrogen-bond acceptors (Lipinski definition) is 2. The van der Waals surface area contributed by atoms with Gasteiger partial charge in [0.25, 0.3) is 0 Å². The van der Waals surface area contributed by atoms with Gasteiger partial charge >= 0.3 is 5.97 Å². The van der Waals surface area contributed by atoms with Crippen molar-refractivity contribution < 1.29 is 14.7 Å². The van der Waals surface area contributed by atoms with Crippen molar-refractivity contribution in [3.05, 3.63) is 11.6 Å². The summed E-state index contributed by atoms with van der Waals surface area (Å²) in [4.78, 5) is 21.6. The van der Waals surface area contributed by atoms with Gasteiger partial charge in [0.2, 0.25) is 0 Å². The van der Waals surface area contributed by atoms with E-state index in [1.54, 1.807) is 6.08 Å².